The van der Waals surface area contributed by atoms with Crippen molar-refractivity contribution in [3.8, 4) is 0 Å². The maximum Gasteiger partial charge on any atom is 0.242 e. The van der Waals surface area contributed by atoms with Gasteiger partial charge in [0.25, 0.3) is 0 Å². The van der Waals surface area contributed by atoms with E-state index in [1.807, 2.05) is 28.6 Å². The largest absolute Gasteiger partial charge is 0.378 e. The van der Waals surface area contributed by atoms with Crippen molar-refractivity contribution in [3.63, 3.8) is 0 Å². The molecule has 1 amide bonds. The molecule has 1 aromatic carbocycles. The highest BCUT2D eigenvalue weighted by Gasteiger charge is 2.35. The summed E-state index contributed by atoms with van der Waals surface area (Å²) < 4.78 is 7.84. The summed E-state index contributed by atoms with van der Waals surface area (Å²) in [5.74, 6) is 1.15. The molecule has 5 rings (SSSR count). The van der Waals surface area contributed by atoms with E-state index in [4.69, 9.17) is 4.74 Å². The second-order valence-corrected chi connectivity index (χ2v) is 9.18. The third-order valence-corrected chi connectivity index (χ3v) is 7.13. The average Bonchev–Trinajstić information content (AvgIpc) is 3.36. The molecule has 0 saturated carbocycles. The van der Waals surface area contributed by atoms with Crippen LogP contribution in [0.25, 0.3) is 0 Å². The number of morpholine rings is 1. The number of hydrogen-bond acceptors (Lipinski definition) is 7. The molecule has 4 aliphatic heterocycles. The number of nitrogens with zero attached hydrogens (tertiary/aromatic N) is 2. The van der Waals surface area contributed by atoms with Gasteiger partial charge in [-0.1, -0.05) is 0 Å². The normalized spacial score (nSPS) is 25.4. The van der Waals surface area contributed by atoms with Crippen LogP contribution in [0.5, 0.6) is 0 Å². The summed E-state index contributed by atoms with van der Waals surface area (Å²) in [6, 6.07) is 6.47. The van der Waals surface area contributed by atoms with Crippen molar-refractivity contribution in [2.24, 2.45) is 0 Å². The van der Waals surface area contributed by atoms with Crippen LogP contribution in [0.3, 0.4) is 0 Å². The number of anilines is 1. The summed E-state index contributed by atoms with van der Waals surface area (Å²) in [5, 5.41) is 6.64. The molecular formula is C18H22N4O2S2. The fourth-order valence-corrected chi connectivity index (χ4v) is 5.88. The topological polar surface area (TPSA) is 56.8 Å². The number of fused-ring (bicyclic) bond motifs is 1. The number of thioether (sulfide) groups is 1. The molecule has 8 heteroatoms. The zero-order chi connectivity index (χ0) is 17.5. The molecule has 0 bridgehead atoms. The van der Waals surface area contributed by atoms with E-state index in [-0.39, 0.29) is 11.9 Å². The van der Waals surface area contributed by atoms with Gasteiger partial charge in [-0.05, 0) is 41.3 Å². The predicted molar refractivity (Wildman–Crippen MR) is 104 cm³/mol. The minimum atomic E-state index is -0.174. The van der Waals surface area contributed by atoms with Crippen LogP contribution in [0.1, 0.15) is 0 Å². The maximum atomic E-state index is 12.6. The molecule has 4 aliphatic rings. The molecule has 138 valence electrons. The van der Waals surface area contributed by atoms with Gasteiger partial charge < -0.3 is 20.3 Å². The third-order valence-electron chi connectivity index (χ3n) is 5.21. The van der Waals surface area contributed by atoms with Crippen LogP contribution in [0.2, 0.25) is 0 Å². The Hall–Kier alpha value is -1.19. The first-order valence-electron chi connectivity index (χ1n) is 8.99. The number of nitrogens with one attached hydrogen (secondary N) is 2. The van der Waals surface area contributed by atoms with Crippen LogP contribution in [0.4, 0.5) is 5.69 Å². The van der Waals surface area contributed by atoms with Crippen LogP contribution in [0.15, 0.2) is 39.1 Å². The molecule has 1 aromatic rings. The maximum absolute atomic E-state index is 12.6. The first kappa shape index (κ1) is 16.9. The molecule has 0 spiro atoms. The smallest absolute Gasteiger partial charge is 0.242 e. The third kappa shape index (κ3) is 3.25. The van der Waals surface area contributed by atoms with Gasteiger partial charge in [0.15, 0.2) is 0 Å². The number of ether oxygens (including phenoxy) is 1. The van der Waals surface area contributed by atoms with E-state index in [0.717, 1.165) is 38.6 Å². The van der Waals surface area contributed by atoms with Gasteiger partial charge in [0, 0.05) is 48.2 Å². The Morgan fingerprint density at radius 2 is 2.08 bits per heavy atom. The van der Waals surface area contributed by atoms with Crippen molar-refractivity contribution in [1.29, 1.82) is 0 Å². The van der Waals surface area contributed by atoms with Crippen LogP contribution in [-0.2, 0) is 9.53 Å². The molecule has 0 aliphatic carbocycles. The lowest BCUT2D eigenvalue weighted by molar-refractivity contribution is -0.135. The number of carbonyl (C=O) groups is 1. The van der Waals surface area contributed by atoms with E-state index in [1.54, 1.807) is 0 Å². The van der Waals surface area contributed by atoms with Crippen LogP contribution < -0.4 is 10.6 Å². The number of rotatable bonds is 3. The van der Waals surface area contributed by atoms with E-state index in [0.29, 0.717) is 13.2 Å². The Bertz CT molecular complexity index is 746. The van der Waals surface area contributed by atoms with E-state index in [2.05, 4.69) is 33.1 Å². The highest BCUT2D eigenvalue weighted by atomic mass is 32.2. The number of carbonyl (C=O) groups excluding carboxylic acids is 1. The first-order valence-corrected chi connectivity index (χ1v) is 10.8. The SMILES string of the molecule is O=C(C1COCCN1)N1CC2=C(CN(Sc3ccc4c(c3)SCN4)C2)C1. The molecule has 2 N–H and O–H groups in total. The average molecular weight is 391 g/mol. The monoisotopic (exact) mass is 390 g/mol. The molecule has 1 saturated heterocycles. The Labute approximate surface area is 161 Å². The number of benzene rings is 1. The molecule has 0 radical (unpaired) electrons. The van der Waals surface area contributed by atoms with E-state index in [1.165, 1.54) is 26.6 Å². The van der Waals surface area contributed by atoms with Crippen molar-refractivity contribution in [2.45, 2.75) is 15.8 Å². The Morgan fingerprint density at radius 1 is 1.23 bits per heavy atom. The molecule has 4 heterocycles. The van der Waals surface area contributed by atoms with Crippen molar-refractivity contribution in [2.75, 3.05) is 57.1 Å². The lowest BCUT2D eigenvalue weighted by Gasteiger charge is -2.29. The minimum Gasteiger partial charge on any atom is -0.378 e. The predicted octanol–water partition coefficient (Wildman–Crippen LogP) is 1.61. The van der Waals surface area contributed by atoms with Gasteiger partial charge in [0.2, 0.25) is 5.91 Å². The van der Waals surface area contributed by atoms with Crippen molar-refractivity contribution >= 4 is 35.3 Å². The minimum absolute atomic E-state index is 0.174. The fraction of sp³-hybridized carbons (Fsp3) is 0.500. The zero-order valence-electron chi connectivity index (χ0n) is 14.5. The molecule has 26 heavy (non-hydrogen) atoms. The highest BCUT2D eigenvalue weighted by molar-refractivity contribution is 8.00. The van der Waals surface area contributed by atoms with Crippen LogP contribution in [-0.4, -0.2) is 73.0 Å². The number of hydrogen-bond donors (Lipinski definition) is 2. The quantitative estimate of drug-likeness (QED) is 0.601. The summed E-state index contributed by atoms with van der Waals surface area (Å²) in [7, 11) is 0. The van der Waals surface area contributed by atoms with E-state index >= 15 is 0 Å². The zero-order valence-corrected chi connectivity index (χ0v) is 16.1. The Kier molecular flexibility index (Phi) is 4.62. The first-order chi connectivity index (χ1) is 12.8. The molecule has 0 aromatic heterocycles. The van der Waals surface area contributed by atoms with Crippen molar-refractivity contribution in [3.05, 3.63) is 29.3 Å². The van der Waals surface area contributed by atoms with Crippen LogP contribution >= 0.6 is 23.7 Å². The standard InChI is InChI=1S/C18H22N4O2S2/c23-18(16-10-24-4-3-19-16)21-6-12-8-22(9-13(12)7-21)26-14-1-2-15-17(5-14)25-11-20-15/h1-2,5,16,19-20H,3-4,6-11H2. The van der Waals surface area contributed by atoms with Gasteiger partial charge in [0.05, 0.1) is 19.1 Å². The summed E-state index contributed by atoms with van der Waals surface area (Å²) in [5.41, 5.74) is 4.08. The Morgan fingerprint density at radius 3 is 2.85 bits per heavy atom. The van der Waals surface area contributed by atoms with Gasteiger partial charge in [-0.25, -0.2) is 4.31 Å². The van der Waals surface area contributed by atoms with E-state index < -0.39 is 0 Å². The van der Waals surface area contributed by atoms with E-state index in [9.17, 15) is 4.79 Å². The Balaban J connectivity index is 1.16. The molecular weight excluding hydrogens is 368 g/mol. The molecule has 6 nitrogen and oxygen atoms in total. The second-order valence-electron chi connectivity index (χ2n) is 7.00. The highest BCUT2D eigenvalue weighted by Crippen LogP contribution is 2.39. The van der Waals surface area contributed by atoms with Crippen LogP contribution in [0, 0.1) is 0 Å². The second kappa shape index (κ2) is 7.09. The number of amides is 1. The summed E-state index contributed by atoms with van der Waals surface area (Å²) in [4.78, 5) is 17.3. The van der Waals surface area contributed by atoms with Crippen molar-refractivity contribution in [1.82, 2.24) is 14.5 Å². The fourth-order valence-electron chi connectivity index (χ4n) is 3.88. The van der Waals surface area contributed by atoms with Gasteiger partial charge in [-0.3, -0.25) is 4.79 Å². The lowest BCUT2D eigenvalue weighted by Crippen LogP contribution is -2.52. The van der Waals surface area contributed by atoms with Gasteiger partial charge in [0.1, 0.15) is 6.04 Å². The summed E-state index contributed by atoms with van der Waals surface area (Å²) >= 11 is 3.69. The summed E-state index contributed by atoms with van der Waals surface area (Å²) in [6.07, 6.45) is 0. The van der Waals surface area contributed by atoms with Gasteiger partial charge in [-0.15, -0.1) is 11.8 Å². The molecule has 1 fully saturated rings. The lowest BCUT2D eigenvalue weighted by atomic mass is 10.2. The molecule has 1 unspecified atom stereocenters. The summed E-state index contributed by atoms with van der Waals surface area (Å²) in [6.45, 7) is 5.38. The van der Waals surface area contributed by atoms with Gasteiger partial charge in [-0.2, -0.15) is 0 Å². The molecule has 1 atom stereocenters. The van der Waals surface area contributed by atoms with Crippen molar-refractivity contribution < 1.29 is 9.53 Å². The van der Waals surface area contributed by atoms with Gasteiger partial charge >= 0.3 is 0 Å².